The van der Waals surface area contributed by atoms with Gasteiger partial charge in [0, 0.05) is 41.9 Å². The van der Waals surface area contributed by atoms with Crippen molar-refractivity contribution in [3.05, 3.63) is 63.3 Å². The quantitative estimate of drug-likeness (QED) is 0.206. The molecule has 39 heavy (non-hydrogen) atoms. The molecule has 1 heterocycles. The maximum absolute atomic E-state index is 13.0. The molecule has 214 valence electrons. The molecule has 0 fully saturated rings. The lowest BCUT2D eigenvalue weighted by Crippen LogP contribution is -2.47. The molecule has 8 nitrogen and oxygen atoms in total. The van der Waals surface area contributed by atoms with Crippen molar-refractivity contribution in [2.45, 2.75) is 58.1 Å². The predicted molar refractivity (Wildman–Crippen MR) is 161 cm³/mol. The number of aromatic amines is 1. The number of hydrogen-bond donors (Lipinski definition) is 4. The van der Waals surface area contributed by atoms with Crippen molar-refractivity contribution in [1.82, 2.24) is 15.2 Å². The van der Waals surface area contributed by atoms with Crippen LogP contribution in [0, 0.1) is 0 Å². The van der Waals surface area contributed by atoms with Crippen LogP contribution in [-0.2, 0) is 10.2 Å². The van der Waals surface area contributed by atoms with Crippen molar-refractivity contribution in [3.63, 3.8) is 0 Å². The van der Waals surface area contributed by atoms with Crippen molar-refractivity contribution < 1.29 is 19.7 Å². The Morgan fingerprint density at radius 2 is 1.85 bits per heavy atom. The summed E-state index contributed by atoms with van der Waals surface area (Å²) in [6.45, 7) is 12.2. The Hall–Kier alpha value is -2.53. The summed E-state index contributed by atoms with van der Waals surface area (Å²) in [6, 6.07) is 13.2. The highest BCUT2D eigenvalue weighted by Crippen LogP contribution is 2.31. The van der Waals surface area contributed by atoms with Crippen molar-refractivity contribution >= 4 is 39.4 Å². The molecular weight excluding hydrogens is 534 g/mol. The number of aromatic nitrogens is 1. The van der Waals surface area contributed by atoms with Gasteiger partial charge in [0.2, 0.25) is 0 Å². The number of phenols is 1. The zero-order valence-corrected chi connectivity index (χ0v) is 25.1. The number of benzene rings is 2. The van der Waals surface area contributed by atoms with Crippen LogP contribution in [0.25, 0.3) is 10.2 Å². The second-order valence-corrected chi connectivity index (χ2v) is 13.4. The number of aromatic hydroxyl groups is 1. The highest BCUT2D eigenvalue weighted by atomic mass is 32.2. The number of carbonyl (C=O) groups excluding carboxylic acids is 1. The summed E-state index contributed by atoms with van der Waals surface area (Å²) in [5, 5.41) is 23.8. The molecule has 1 atom stereocenters. The van der Waals surface area contributed by atoms with E-state index in [-0.39, 0.29) is 27.7 Å². The van der Waals surface area contributed by atoms with Crippen LogP contribution in [0.3, 0.4) is 0 Å². The maximum Gasteiger partial charge on any atom is 0.410 e. The SMILES string of the molecule is CC(C)(COC(=O)N(CCCSCCNC[C@H](O)c1ccc(O)c2[nH]c(=O)sc12)C(C)(C)C)c1ccccc1. The van der Waals surface area contributed by atoms with Crippen LogP contribution in [0.15, 0.2) is 47.3 Å². The molecule has 0 aliphatic carbocycles. The largest absolute Gasteiger partial charge is 0.506 e. The fraction of sp³-hybridized carbons (Fsp3) is 0.517. The Bertz CT molecular complexity index is 1270. The number of nitrogens with one attached hydrogen (secondary N) is 2. The zero-order chi connectivity index (χ0) is 28.6. The van der Waals surface area contributed by atoms with Gasteiger partial charge in [0.1, 0.15) is 17.9 Å². The van der Waals surface area contributed by atoms with Crippen LogP contribution < -0.4 is 10.2 Å². The molecule has 0 aliphatic heterocycles. The summed E-state index contributed by atoms with van der Waals surface area (Å²) in [5.74, 6) is 1.76. The summed E-state index contributed by atoms with van der Waals surface area (Å²) in [6.07, 6.45) is -0.231. The number of thiazole rings is 1. The van der Waals surface area contributed by atoms with Gasteiger partial charge in [-0.05, 0) is 44.6 Å². The fourth-order valence-corrected chi connectivity index (χ4v) is 5.96. The van der Waals surface area contributed by atoms with Gasteiger partial charge in [0.15, 0.2) is 0 Å². The molecule has 0 spiro atoms. The van der Waals surface area contributed by atoms with Crippen molar-refractivity contribution in [3.8, 4) is 5.75 Å². The minimum absolute atomic E-state index is 0.00188. The number of aliphatic hydroxyl groups excluding tert-OH is 1. The first-order valence-electron chi connectivity index (χ1n) is 13.2. The molecule has 3 rings (SSSR count). The lowest BCUT2D eigenvalue weighted by atomic mass is 9.86. The highest BCUT2D eigenvalue weighted by molar-refractivity contribution is 7.99. The number of rotatable bonds is 13. The van der Waals surface area contributed by atoms with Crippen LogP contribution >= 0.6 is 23.1 Å². The molecular formula is C29H41N3O5S2. The van der Waals surface area contributed by atoms with E-state index in [1.807, 2.05) is 39.0 Å². The van der Waals surface area contributed by atoms with E-state index in [0.717, 1.165) is 34.8 Å². The Kier molecular flexibility index (Phi) is 10.9. The minimum atomic E-state index is -0.789. The van der Waals surface area contributed by atoms with E-state index in [0.29, 0.717) is 42.0 Å². The second kappa shape index (κ2) is 13.7. The minimum Gasteiger partial charge on any atom is -0.506 e. The highest BCUT2D eigenvalue weighted by Gasteiger charge is 2.30. The number of nitrogens with zero attached hydrogens (tertiary/aromatic N) is 1. The maximum atomic E-state index is 13.0. The van der Waals surface area contributed by atoms with Gasteiger partial charge in [-0.1, -0.05) is 61.6 Å². The molecule has 10 heteroatoms. The van der Waals surface area contributed by atoms with Crippen molar-refractivity contribution in [2.24, 2.45) is 0 Å². The first-order chi connectivity index (χ1) is 18.4. The third kappa shape index (κ3) is 8.73. The summed E-state index contributed by atoms with van der Waals surface area (Å²) in [7, 11) is 0. The van der Waals surface area contributed by atoms with Crippen LogP contribution in [-0.4, -0.2) is 69.5 Å². The average molecular weight is 576 g/mol. The molecule has 0 bridgehead atoms. The third-order valence-electron chi connectivity index (χ3n) is 6.52. The number of fused-ring (bicyclic) bond motifs is 1. The number of amides is 1. The Balaban J connectivity index is 1.37. The number of aliphatic hydroxyl groups is 1. The summed E-state index contributed by atoms with van der Waals surface area (Å²) in [4.78, 5) is 28.8. The monoisotopic (exact) mass is 575 g/mol. The van der Waals surface area contributed by atoms with E-state index in [2.05, 4.69) is 36.3 Å². The molecule has 4 N–H and O–H groups in total. The number of H-pyrrole nitrogens is 1. The van der Waals surface area contributed by atoms with Crippen molar-refractivity contribution in [1.29, 1.82) is 0 Å². The standard InChI is InChI=1S/C29H41N3O5S2/c1-28(2,3)32(27(36)37-19-29(4,5)20-10-7-6-8-11-20)15-9-16-38-17-14-30-18-23(34)21-12-13-22(33)24-25(21)39-26(35)31-24/h6-8,10-13,23,30,33-34H,9,14-19H2,1-5H3,(H,31,35)/t23-/m0/s1. The Labute approximate surface area is 238 Å². The van der Waals surface area contributed by atoms with Crippen LogP contribution in [0.4, 0.5) is 4.79 Å². The van der Waals surface area contributed by atoms with E-state index in [1.54, 1.807) is 22.7 Å². The Morgan fingerprint density at radius 3 is 2.54 bits per heavy atom. The summed E-state index contributed by atoms with van der Waals surface area (Å²) < 4.78 is 6.35. The zero-order valence-electron chi connectivity index (χ0n) is 23.5. The molecule has 1 amide bonds. The van der Waals surface area contributed by atoms with Gasteiger partial charge in [-0.15, -0.1) is 0 Å². The van der Waals surface area contributed by atoms with E-state index >= 15 is 0 Å². The Morgan fingerprint density at radius 1 is 1.13 bits per heavy atom. The number of hydrogen-bond acceptors (Lipinski definition) is 8. The normalized spacial score (nSPS) is 13.0. The van der Waals surface area contributed by atoms with Crippen LogP contribution in [0.5, 0.6) is 5.75 Å². The first-order valence-corrected chi connectivity index (χ1v) is 15.2. The van der Waals surface area contributed by atoms with Gasteiger partial charge in [-0.25, -0.2) is 4.79 Å². The van der Waals surface area contributed by atoms with E-state index in [9.17, 15) is 19.8 Å². The molecule has 2 aromatic carbocycles. The number of phenolic OH excluding ortho intramolecular Hbond substituents is 1. The van der Waals surface area contributed by atoms with E-state index in [4.69, 9.17) is 4.74 Å². The van der Waals surface area contributed by atoms with Gasteiger partial charge in [0.25, 0.3) is 0 Å². The lowest BCUT2D eigenvalue weighted by molar-refractivity contribution is 0.0554. The second-order valence-electron chi connectivity index (χ2n) is 11.2. The first kappa shape index (κ1) is 31.0. The third-order valence-corrected chi connectivity index (χ3v) is 8.52. The van der Waals surface area contributed by atoms with Gasteiger partial charge in [-0.3, -0.25) is 4.79 Å². The van der Waals surface area contributed by atoms with E-state index < -0.39 is 6.10 Å². The molecule has 0 saturated heterocycles. The van der Waals surface area contributed by atoms with Gasteiger partial charge in [0.05, 0.1) is 10.8 Å². The number of carbonyl (C=O) groups is 1. The number of ether oxygens (including phenoxy) is 1. The molecule has 0 radical (unpaired) electrons. The van der Waals surface area contributed by atoms with Gasteiger partial charge >= 0.3 is 11.0 Å². The number of thioether (sulfide) groups is 1. The van der Waals surface area contributed by atoms with Crippen LogP contribution in [0.1, 0.15) is 58.3 Å². The molecule has 3 aromatic rings. The van der Waals surface area contributed by atoms with Crippen molar-refractivity contribution in [2.75, 3.05) is 37.7 Å². The smallest absolute Gasteiger partial charge is 0.410 e. The molecule has 0 aliphatic rings. The molecule has 0 saturated carbocycles. The van der Waals surface area contributed by atoms with Gasteiger partial charge in [-0.2, -0.15) is 11.8 Å². The average Bonchev–Trinajstić information content (AvgIpc) is 3.28. The topological polar surface area (TPSA) is 115 Å². The fourth-order valence-electron chi connectivity index (χ4n) is 4.21. The summed E-state index contributed by atoms with van der Waals surface area (Å²) >= 11 is 2.77. The van der Waals surface area contributed by atoms with Crippen LogP contribution in [0.2, 0.25) is 0 Å². The van der Waals surface area contributed by atoms with E-state index in [1.165, 1.54) is 6.07 Å². The van der Waals surface area contributed by atoms with Gasteiger partial charge < -0.3 is 30.2 Å². The predicted octanol–water partition coefficient (Wildman–Crippen LogP) is 5.26. The molecule has 0 unspecified atom stereocenters. The summed E-state index contributed by atoms with van der Waals surface area (Å²) in [5.41, 5.74) is 1.50. The molecule has 1 aromatic heterocycles. The lowest BCUT2D eigenvalue weighted by Gasteiger charge is -2.36.